The average Bonchev–Trinajstić information content (AvgIpc) is 2.32. The molecule has 1 unspecified atom stereocenters. The minimum Gasteiger partial charge on any atom is -0.491 e. The van der Waals surface area contributed by atoms with Crippen LogP contribution in [-0.2, 0) is 0 Å². The van der Waals surface area contributed by atoms with Gasteiger partial charge in [0.15, 0.2) is 0 Å². The van der Waals surface area contributed by atoms with E-state index in [0.717, 1.165) is 10.9 Å². The fourth-order valence-electron chi connectivity index (χ4n) is 1.62. The zero-order valence-corrected chi connectivity index (χ0v) is 9.76. The van der Waals surface area contributed by atoms with Crippen molar-refractivity contribution in [2.45, 2.75) is 19.4 Å². The van der Waals surface area contributed by atoms with Crippen LogP contribution in [0.5, 0.6) is 5.75 Å². The number of nitrogen functional groups attached to an aromatic ring is 1. The van der Waals surface area contributed by atoms with Crippen LogP contribution in [0, 0.1) is 0 Å². The number of pyridine rings is 1. The summed E-state index contributed by atoms with van der Waals surface area (Å²) in [5, 5.41) is 10.1. The molecule has 0 spiro atoms. The first-order valence-corrected chi connectivity index (χ1v) is 5.62. The highest BCUT2D eigenvalue weighted by Crippen LogP contribution is 2.28. The second kappa shape index (κ2) is 5.01. The number of aliphatic hydroxyl groups is 1. The summed E-state index contributed by atoms with van der Waals surface area (Å²) in [7, 11) is 0. The molecule has 0 aliphatic rings. The first-order chi connectivity index (χ1) is 8.18. The Balaban J connectivity index is 2.26. The largest absolute Gasteiger partial charge is 0.491 e. The molecule has 90 valence electrons. The van der Waals surface area contributed by atoms with Gasteiger partial charge in [-0.15, -0.1) is 0 Å². The fraction of sp³-hybridized carbons (Fsp3) is 0.308. The van der Waals surface area contributed by atoms with Gasteiger partial charge in [-0.05, 0) is 31.2 Å². The Morgan fingerprint density at radius 3 is 3.00 bits per heavy atom. The lowest BCUT2D eigenvalue weighted by Gasteiger charge is -2.10. The van der Waals surface area contributed by atoms with Crippen molar-refractivity contribution >= 4 is 16.6 Å². The van der Waals surface area contributed by atoms with Crippen LogP contribution in [0.25, 0.3) is 10.9 Å². The zero-order chi connectivity index (χ0) is 12.3. The van der Waals surface area contributed by atoms with E-state index in [1.807, 2.05) is 24.3 Å². The third kappa shape index (κ3) is 2.65. The SMILES string of the molecule is CC(O)CCOc1ccc(N)c2cccnc12. The van der Waals surface area contributed by atoms with E-state index in [4.69, 9.17) is 10.5 Å². The van der Waals surface area contributed by atoms with E-state index < -0.39 is 0 Å². The third-order valence-electron chi connectivity index (χ3n) is 2.56. The number of aromatic nitrogens is 1. The highest BCUT2D eigenvalue weighted by atomic mass is 16.5. The first-order valence-electron chi connectivity index (χ1n) is 5.62. The van der Waals surface area contributed by atoms with Gasteiger partial charge in [-0.25, -0.2) is 0 Å². The number of nitrogens with two attached hydrogens (primary N) is 1. The van der Waals surface area contributed by atoms with Gasteiger partial charge in [-0.3, -0.25) is 4.98 Å². The number of benzene rings is 1. The van der Waals surface area contributed by atoms with Gasteiger partial charge < -0.3 is 15.6 Å². The molecule has 3 N–H and O–H groups in total. The standard InChI is InChI=1S/C13H16N2O2/c1-9(16)6-8-17-12-5-4-11(14)10-3-2-7-15-13(10)12/h2-5,7,9,16H,6,8,14H2,1H3. The minimum absolute atomic E-state index is 0.358. The van der Waals surface area contributed by atoms with Crippen molar-refractivity contribution in [3.63, 3.8) is 0 Å². The summed E-state index contributed by atoms with van der Waals surface area (Å²) < 4.78 is 5.61. The van der Waals surface area contributed by atoms with Crippen molar-refractivity contribution in [2.75, 3.05) is 12.3 Å². The lowest BCUT2D eigenvalue weighted by atomic mass is 10.1. The summed E-state index contributed by atoms with van der Waals surface area (Å²) >= 11 is 0. The first kappa shape index (κ1) is 11.7. The molecule has 0 saturated heterocycles. The summed E-state index contributed by atoms with van der Waals surface area (Å²) in [4.78, 5) is 4.27. The van der Waals surface area contributed by atoms with Gasteiger partial charge in [0.2, 0.25) is 0 Å². The van der Waals surface area contributed by atoms with Crippen LogP contribution >= 0.6 is 0 Å². The molecule has 0 saturated carbocycles. The highest BCUT2D eigenvalue weighted by molar-refractivity contribution is 5.94. The van der Waals surface area contributed by atoms with Gasteiger partial charge in [-0.1, -0.05) is 0 Å². The quantitative estimate of drug-likeness (QED) is 0.791. The third-order valence-corrected chi connectivity index (χ3v) is 2.56. The number of nitrogens with zero attached hydrogens (tertiary/aromatic N) is 1. The van der Waals surface area contributed by atoms with E-state index in [1.165, 1.54) is 0 Å². The molecule has 17 heavy (non-hydrogen) atoms. The number of hydrogen-bond acceptors (Lipinski definition) is 4. The maximum atomic E-state index is 9.17. The molecule has 0 aliphatic heterocycles. The maximum Gasteiger partial charge on any atom is 0.145 e. The van der Waals surface area contributed by atoms with Crippen LogP contribution in [-0.4, -0.2) is 22.8 Å². The number of anilines is 1. The fourth-order valence-corrected chi connectivity index (χ4v) is 1.62. The van der Waals surface area contributed by atoms with Crippen LogP contribution in [0.4, 0.5) is 5.69 Å². The van der Waals surface area contributed by atoms with Crippen LogP contribution in [0.15, 0.2) is 30.5 Å². The van der Waals surface area contributed by atoms with Gasteiger partial charge in [0.1, 0.15) is 11.3 Å². The Morgan fingerprint density at radius 1 is 1.41 bits per heavy atom. The van der Waals surface area contributed by atoms with Crippen molar-refractivity contribution in [2.24, 2.45) is 0 Å². The van der Waals surface area contributed by atoms with Crippen molar-refractivity contribution in [1.82, 2.24) is 4.98 Å². The molecule has 4 heteroatoms. The lowest BCUT2D eigenvalue weighted by Crippen LogP contribution is -2.07. The van der Waals surface area contributed by atoms with Gasteiger partial charge in [0.25, 0.3) is 0 Å². The van der Waals surface area contributed by atoms with Crippen molar-refractivity contribution in [1.29, 1.82) is 0 Å². The summed E-state index contributed by atoms with van der Waals surface area (Å²) in [5.74, 6) is 0.704. The molecule has 0 fully saturated rings. The predicted molar refractivity (Wildman–Crippen MR) is 67.9 cm³/mol. The van der Waals surface area contributed by atoms with Crippen LogP contribution in [0.1, 0.15) is 13.3 Å². The molecule has 4 nitrogen and oxygen atoms in total. The number of rotatable bonds is 4. The molecule has 1 heterocycles. The highest BCUT2D eigenvalue weighted by Gasteiger charge is 2.06. The predicted octanol–water partition coefficient (Wildman–Crippen LogP) is 1.97. The molecule has 0 bridgehead atoms. The lowest BCUT2D eigenvalue weighted by molar-refractivity contribution is 0.156. The summed E-state index contributed by atoms with van der Waals surface area (Å²) in [6.07, 6.45) is 1.95. The molecular formula is C13H16N2O2. The molecule has 0 aliphatic carbocycles. The van der Waals surface area contributed by atoms with E-state index in [-0.39, 0.29) is 6.10 Å². The second-order valence-electron chi connectivity index (χ2n) is 4.04. The Bertz CT molecular complexity index is 512. The number of aliphatic hydroxyl groups excluding tert-OH is 1. The number of hydrogen-bond donors (Lipinski definition) is 2. The normalized spacial score (nSPS) is 12.6. The van der Waals surface area contributed by atoms with E-state index in [1.54, 1.807) is 13.1 Å². The molecule has 2 aromatic rings. The topological polar surface area (TPSA) is 68.4 Å². The van der Waals surface area contributed by atoms with Gasteiger partial charge >= 0.3 is 0 Å². The summed E-state index contributed by atoms with van der Waals surface area (Å²) in [6, 6.07) is 7.38. The van der Waals surface area contributed by atoms with Crippen molar-refractivity contribution in [3.8, 4) is 5.75 Å². The van der Waals surface area contributed by atoms with E-state index >= 15 is 0 Å². The van der Waals surface area contributed by atoms with Crippen LogP contribution in [0.2, 0.25) is 0 Å². The molecule has 2 rings (SSSR count). The number of ether oxygens (including phenoxy) is 1. The van der Waals surface area contributed by atoms with Gasteiger partial charge in [0.05, 0.1) is 12.7 Å². The molecule has 1 aromatic heterocycles. The van der Waals surface area contributed by atoms with Crippen LogP contribution in [0.3, 0.4) is 0 Å². The zero-order valence-electron chi connectivity index (χ0n) is 9.76. The molecule has 1 aromatic carbocycles. The Labute approximate surface area is 100 Å². The number of fused-ring (bicyclic) bond motifs is 1. The van der Waals surface area contributed by atoms with E-state index in [9.17, 15) is 5.11 Å². The van der Waals surface area contributed by atoms with Gasteiger partial charge in [-0.2, -0.15) is 0 Å². The van der Waals surface area contributed by atoms with E-state index in [0.29, 0.717) is 24.5 Å². The Kier molecular flexibility index (Phi) is 3.44. The second-order valence-corrected chi connectivity index (χ2v) is 4.04. The Morgan fingerprint density at radius 2 is 2.24 bits per heavy atom. The summed E-state index contributed by atoms with van der Waals surface area (Å²) in [5.41, 5.74) is 7.32. The van der Waals surface area contributed by atoms with Gasteiger partial charge in [0, 0.05) is 23.7 Å². The maximum absolute atomic E-state index is 9.17. The van der Waals surface area contributed by atoms with Crippen LogP contribution < -0.4 is 10.5 Å². The molecular weight excluding hydrogens is 216 g/mol. The smallest absolute Gasteiger partial charge is 0.145 e. The minimum atomic E-state index is -0.358. The molecule has 1 atom stereocenters. The summed E-state index contributed by atoms with van der Waals surface area (Å²) in [6.45, 7) is 2.20. The Hall–Kier alpha value is -1.81. The van der Waals surface area contributed by atoms with Crippen molar-refractivity contribution in [3.05, 3.63) is 30.5 Å². The van der Waals surface area contributed by atoms with E-state index in [2.05, 4.69) is 4.98 Å². The average molecular weight is 232 g/mol. The monoisotopic (exact) mass is 232 g/mol. The molecule has 0 amide bonds. The van der Waals surface area contributed by atoms with Crippen molar-refractivity contribution < 1.29 is 9.84 Å². The molecule has 0 radical (unpaired) electrons.